The van der Waals surface area contributed by atoms with Gasteiger partial charge < -0.3 is 10.1 Å². The average Bonchev–Trinajstić information content (AvgIpc) is 2.56. The van der Waals surface area contributed by atoms with E-state index in [1.807, 2.05) is 12.1 Å². The molecular formula is C18H20FNO2S. The van der Waals surface area contributed by atoms with Crippen LogP contribution in [0.15, 0.2) is 42.5 Å². The van der Waals surface area contributed by atoms with E-state index in [-0.39, 0.29) is 11.7 Å². The minimum absolute atomic E-state index is 0.135. The molecule has 0 saturated heterocycles. The van der Waals surface area contributed by atoms with Crippen molar-refractivity contribution in [3.8, 4) is 5.75 Å². The number of benzene rings is 2. The van der Waals surface area contributed by atoms with Gasteiger partial charge in [-0.05, 0) is 36.2 Å². The Kier molecular flexibility index (Phi) is 6.47. The number of amides is 1. The first-order chi connectivity index (χ1) is 11.1. The summed E-state index contributed by atoms with van der Waals surface area (Å²) in [5.74, 6) is 1.05. The van der Waals surface area contributed by atoms with E-state index in [0.29, 0.717) is 12.1 Å². The van der Waals surface area contributed by atoms with Crippen molar-refractivity contribution >= 4 is 17.7 Å². The molecule has 0 unspecified atom stereocenters. The molecule has 3 nitrogen and oxygen atoms in total. The first kappa shape index (κ1) is 17.3. The topological polar surface area (TPSA) is 38.3 Å². The summed E-state index contributed by atoms with van der Waals surface area (Å²) in [4.78, 5) is 12.0. The second-order valence-electron chi connectivity index (χ2n) is 5.08. The number of ether oxygens (including phenoxy) is 1. The molecule has 0 saturated carbocycles. The number of nitrogens with one attached hydrogen (secondary N) is 1. The average molecular weight is 333 g/mol. The summed E-state index contributed by atoms with van der Waals surface area (Å²) < 4.78 is 18.4. The molecule has 23 heavy (non-hydrogen) atoms. The summed E-state index contributed by atoms with van der Waals surface area (Å²) in [5, 5.41) is 2.80. The maximum Gasteiger partial charge on any atom is 0.251 e. The van der Waals surface area contributed by atoms with Crippen LogP contribution in [0.4, 0.5) is 4.39 Å². The highest BCUT2D eigenvalue weighted by atomic mass is 32.2. The number of aryl methyl sites for hydroxylation is 1. The SMILES string of the molecule is COc1ccc(C(=O)NCCSCc2ccccc2C)cc1F. The normalized spacial score (nSPS) is 10.4. The van der Waals surface area contributed by atoms with Crippen molar-refractivity contribution in [2.45, 2.75) is 12.7 Å². The van der Waals surface area contributed by atoms with Crippen molar-refractivity contribution in [3.63, 3.8) is 0 Å². The van der Waals surface area contributed by atoms with Crippen molar-refractivity contribution in [1.29, 1.82) is 0 Å². The minimum Gasteiger partial charge on any atom is -0.494 e. The molecule has 1 N–H and O–H groups in total. The lowest BCUT2D eigenvalue weighted by Gasteiger charge is -2.08. The first-order valence-electron chi connectivity index (χ1n) is 7.36. The van der Waals surface area contributed by atoms with Crippen LogP contribution in [-0.4, -0.2) is 25.3 Å². The minimum atomic E-state index is -0.533. The van der Waals surface area contributed by atoms with Crippen LogP contribution in [0.3, 0.4) is 0 Å². The van der Waals surface area contributed by atoms with Gasteiger partial charge >= 0.3 is 0 Å². The lowest BCUT2D eigenvalue weighted by Crippen LogP contribution is -2.25. The molecule has 0 aliphatic carbocycles. The lowest BCUT2D eigenvalue weighted by molar-refractivity contribution is 0.0955. The van der Waals surface area contributed by atoms with Crippen molar-refractivity contribution < 1.29 is 13.9 Å². The van der Waals surface area contributed by atoms with Gasteiger partial charge in [0.2, 0.25) is 0 Å². The third-order valence-corrected chi connectivity index (χ3v) is 4.47. The van der Waals surface area contributed by atoms with Crippen molar-refractivity contribution in [3.05, 3.63) is 65.0 Å². The van der Waals surface area contributed by atoms with E-state index in [1.54, 1.807) is 17.8 Å². The van der Waals surface area contributed by atoms with Gasteiger partial charge in [0, 0.05) is 23.6 Å². The number of rotatable bonds is 7. The smallest absolute Gasteiger partial charge is 0.251 e. The molecule has 122 valence electrons. The highest BCUT2D eigenvalue weighted by Gasteiger charge is 2.09. The second kappa shape index (κ2) is 8.58. The van der Waals surface area contributed by atoms with Crippen LogP contribution in [0.1, 0.15) is 21.5 Å². The summed E-state index contributed by atoms with van der Waals surface area (Å²) in [7, 11) is 1.39. The van der Waals surface area contributed by atoms with E-state index >= 15 is 0 Å². The first-order valence-corrected chi connectivity index (χ1v) is 8.51. The predicted octanol–water partition coefficient (Wildman–Crippen LogP) is 3.81. The van der Waals surface area contributed by atoms with E-state index in [0.717, 1.165) is 11.5 Å². The molecule has 5 heteroatoms. The Balaban J connectivity index is 1.75. The zero-order chi connectivity index (χ0) is 16.7. The Morgan fingerprint density at radius 1 is 1.26 bits per heavy atom. The maximum atomic E-state index is 13.6. The van der Waals surface area contributed by atoms with E-state index < -0.39 is 5.82 Å². The van der Waals surface area contributed by atoms with Gasteiger partial charge in [0.15, 0.2) is 11.6 Å². The summed E-state index contributed by atoms with van der Waals surface area (Å²) in [6.07, 6.45) is 0. The predicted molar refractivity (Wildman–Crippen MR) is 92.6 cm³/mol. The van der Waals surface area contributed by atoms with Crippen molar-refractivity contribution in [1.82, 2.24) is 5.32 Å². The second-order valence-corrected chi connectivity index (χ2v) is 6.19. The molecule has 0 bridgehead atoms. The third kappa shape index (κ3) is 4.99. The summed E-state index contributed by atoms with van der Waals surface area (Å²) in [6, 6.07) is 12.5. The van der Waals surface area contributed by atoms with Crippen LogP contribution in [0.2, 0.25) is 0 Å². The highest BCUT2D eigenvalue weighted by Crippen LogP contribution is 2.18. The quantitative estimate of drug-likeness (QED) is 0.783. The Labute approximate surface area is 140 Å². The fourth-order valence-corrected chi connectivity index (χ4v) is 3.04. The van der Waals surface area contributed by atoms with Crippen LogP contribution < -0.4 is 10.1 Å². The number of thioether (sulfide) groups is 1. The molecule has 2 rings (SSSR count). The Morgan fingerprint density at radius 3 is 2.74 bits per heavy atom. The number of methoxy groups -OCH3 is 1. The highest BCUT2D eigenvalue weighted by molar-refractivity contribution is 7.98. The number of hydrogen-bond donors (Lipinski definition) is 1. The molecule has 1 amide bonds. The van der Waals surface area contributed by atoms with Crippen LogP contribution in [-0.2, 0) is 5.75 Å². The van der Waals surface area contributed by atoms with Gasteiger partial charge in [-0.25, -0.2) is 4.39 Å². The standard InChI is InChI=1S/C18H20FNO2S/c1-13-5-3-4-6-15(13)12-23-10-9-20-18(21)14-7-8-17(22-2)16(19)11-14/h3-8,11H,9-10,12H2,1-2H3,(H,20,21). The van der Waals surface area contributed by atoms with E-state index in [2.05, 4.69) is 24.4 Å². The lowest BCUT2D eigenvalue weighted by atomic mass is 10.1. The molecule has 0 radical (unpaired) electrons. The molecule has 0 aliphatic rings. The summed E-state index contributed by atoms with van der Waals surface area (Å²) >= 11 is 1.76. The number of halogens is 1. The van der Waals surface area contributed by atoms with Crippen molar-refractivity contribution in [2.75, 3.05) is 19.4 Å². The van der Waals surface area contributed by atoms with Crippen LogP contribution in [0, 0.1) is 12.7 Å². The molecule has 0 aliphatic heterocycles. The van der Waals surface area contributed by atoms with Gasteiger partial charge in [0.25, 0.3) is 5.91 Å². The van der Waals surface area contributed by atoms with Crippen LogP contribution in [0.5, 0.6) is 5.75 Å². The van der Waals surface area contributed by atoms with Gasteiger partial charge in [0.05, 0.1) is 7.11 Å². The molecule has 0 aromatic heterocycles. The van der Waals surface area contributed by atoms with E-state index in [4.69, 9.17) is 4.74 Å². The molecule has 0 atom stereocenters. The molecule has 0 fully saturated rings. The molecule has 0 spiro atoms. The number of carbonyl (C=O) groups excluding carboxylic acids is 1. The number of carbonyl (C=O) groups is 1. The largest absolute Gasteiger partial charge is 0.494 e. The van der Waals surface area contributed by atoms with Gasteiger partial charge in [-0.2, -0.15) is 11.8 Å². The molecular weight excluding hydrogens is 313 g/mol. The fourth-order valence-electron chi connectivity index (χ4n) is 2.10. The molecule has 0 heterocycles. The van der Waals surface area contributed by atoms with E-state index in [9.17, 15) is 9.18 Å². The molecule has 2 aromatic rings. The zero-order valence-corrected chi connectivity index (χ0v) is 14.1. The monoisotopic (exact) mass is 333 g/mol. The van der Waals surface area contributed by atoms with Gasteiger partial charge in [0.1, 0.15) is 0 Å². The maximum absolute atomic E-state index is 13.6. The Hall–Kier alpha value is -2.01. The van der Waals surface area contributed by atoms with Crippen molar-refractivity contribution in [2.24, 2.45) is 0 Å². The van der Waals surface area contributed by atoms with Crippen LogP contribution in [0.25, 0.3) is 0 Å². The van der Waals surface area contributed by atoms with Gasteiger partial charge in [-0.1, -0.05) is 24.3 Å². The summed E-state index contributed by atoms with van der Waals surface area (Å²) in [6.45, 7) is 2.64. The van der Waals surface area contributed by atoms with Gasteiger partial charge in [-0.15, -0.1) is 0 Å². The third-order valence-electron chi connectivity index (χ3n) is 3.46. The molecule has 2 aromatic carbocycles. The van der Waals surface area contributed by atoms with Crippen LogP contribution >= 0.6 is 11.8 Å². The van der Waals surface area contributed by atoms with E-state index in [1.165, 1.54) is 30.4 Å². The van der Waals surface area contributed by atoms with Gasteiger partial charge in [-0.3, -0.25) is 4.79 Å². The number of hydrogen-bond acceptors (Lipinski definition) is 3. The Morgan fingerprint density at radius 2 is 2.04 bits per heavy atom. The zero-order valence-electron chi connectivity index (χ0n) is 13.3. The fraction of sp³-hybridized carbons (Fsp3) is 0.278. The summed E-state index contributed by atoms with van der Waals surface area (Å²) in [5.41, 5.74) is 2.88. The Bertz CT molecular complexity index is 676.